The molecule has 3 atom stereocenters. The molecule has 0 aromatic heterocycles. The molecule has 2 nitrogen and oxygen atoms in total. The van der Waals surface area contributed by atoms with Crippen LogP contribution in [0.25, 0.3) is 0 Å². The van der Waals surface area contributed by atoms with Gasteiger partial charge in [-0.3, -0.25) is 0 Å². The van der Waals surface area contributed by atoms with E-state index in [-0.39, 0.29) is 11.4 Å². The summed E-state index contributed by atoms with van der Waals surface area (Å²) >= 11 is 0. The monoisotopic (exact) mass is 140 g/mol. The highest BCUT2D eigenvalue weighted by atomic mass is 16.9. The molecule has 10 heavy (non-hydrogen) atoms. The van der Waals surface area contributed by atoms with Crippen LogP contribution in [0.5, 0.6) is 0 Å². The summed E-state index contributed by atoms with van der Waals surface area (Å²) in [7, 11) is 0. The first-order valence-electron chi connectivity index (χ1n) is 4.21. The van der Waals surface area contributed by atoms with Crippen LogP contribution in [-0.4, -0.2) is 17.5 Å². The van der Waals surface area contributed by atoms with Crippen molar-refractivity contribution in [2.24, 2.45) is 0 Å². The average molecular weight is 140 g/mol. The molecule has 2 aliphatic heterocycles. The summed E-state index contributed by atoms with van der Waals surface area (Å²) in [6, 6.07) is 0. The highest BCUT2D eigenvalue weighted by Crippen LogP contribution is 2.70. The van der Waals surface area contributed by atoms with Crippen molar-refractivity contribution in [3.05, 3.63) is 0 Å². The zero-order valence-corrected chi connectivity index (χ0v) is 6.22. The summed E-state index contributed by atoms with van der Waals surface area (Å²) in [5.74, 6) is -0.0417. The second kappa shape index (κ2) is 1.28. The Kier molecular flexibility index (Phi) is 0.710. The minimum Gasteiger partial charge on any atom is -0.336 e. The Labute approximate surface area is 60.5 Å². The van der Waals surface area contributed by atoms with Gasteiger partial charge in [-0.2, -0.15) is 0 Å². The van der Waals surface area contributed by atoms with Crippen LogP contribution < -0.4 is 0 Å². The zero-order chi connectivity index (χ0) is 6.82. The first-order valence-corrected chi connectivity index (χ1v) is 4.21. The highest BCUT2D eigenvalue weighted by Gasteiger charge is 2.85. The lowest BCUT2D eigenvalue weighted by molar-refractivity contribution is 0.222. The molecule has 1 spiro atoms. The third-order valence-electron chi connectivity index (χ3n) is 3.24. The third kappa shape index (κ3) is 0.372. The largest absolute Gasteiger partial charge is 0.336 e. The molecule has 0 aromatic rings. The van der Waals surface area contributed by atoms with Crippen molar-refractivity contribution in [1.82, 2.24) is 0 Å². The van der Waals surface area contributed by atoms with E-state index >= 15 is 0 Å². The fourth-order valence-electron chi connectivity index (χ4n) is 2.48. The van der Waals surface area contributed by atoms with Gasteiger partial charge in [-0.05, 0) is 25.7 Å². The van der Waals surface area contributed by atoms with Gasteiger partial charge >= 0.3 is 0 Å². The molecular formula is C8H12O2. The smallest absolute Gasteiger partial charge is 0.226 e. The van der Waals surface area contributed by atoms with E-state index in [2.05, 4.69) is 6.92 Å². The van der Waals surface area contributed by atoms with Gasteiger partial charge in [0.05, 0.1) is 0 Å². The van der Waals surface area contributed by atoms with E-state index in [1.54, 1.807) is 0 Å². The predicted octanol–water partition coefficient (Wildman–Crippen LogP) is 1.44. The molecule has 1 aliphatic carbocycles. The van der Waals surface area contributed by atoms with Gasteiger partial charge in [0.2, 0.25) is 5.79 Å². The van der Waals surface area contributed by atoms with Gasteiger partial charge in [-0.15, -0.1) is 0 Å². The molecule has 2 heterocycles. The Morgan fingerprint density at radius 3 is 3.20 bits per heavy atom. The predicted molar refractivity (Wildman–Crippen MR) is 35.6 cm³/mol. The normalized spacial score (nSPS) is 62.7. The van der Waals surface area contributed by atoms with E-state index in [0.717, 1.165) is 6.42 Å². The van der Waals surface area contributed by atoms with Crippen molar-refractivity contribution >= 4 is 0 Å². The Morgan fingerprint density at radius 1 is 1.60 bits per heavy atom. The van der Waals surface area contributed by atoms with E-state index in [9.17, 15) is 0 Å². The van der Waals surface area contributed by atoms with Crippen molar-refractivity contribution in [3.63, 3.8) is 0 Å². The van der Waals surface area contributed by atoms with Crippen LogP contribution in [0.15, 0.2) is 0 Å². The Bertz CT molecular complexity index is 188. The molecule has 3 rings (SSSR count). The van der Waals surface area contributed by atoms with Crippen LogP contribution in [-0.2, 0) is 9.47 Å². The van der Waals surface area contributed by atoms with Gasteiger partial charge in [0.25, 0.3) is 0 Å². The molecule has 2 saturated heterocycles. The Balaban J connectivity index is 1.92. The molecule has 0 radical (unpaired) electrons. The molecule has 56 valence electrons. The third-order valence-corrected chi connectivity index (χ3v) is 3.24. The van der Waals surface area contributed by atoms with Crippen LogP contribution in [0.1, 0.15) is 32.6 Å². The number of epoxide rings is 2. The number of hydrogen-bond acceptors (Lipinski definition) is 2. The van der Waals surface area contributed by atoms with Crippen LogP contribution in [0.3, 0.4) is 0 Å². The molecular weight excluding hydrogens is 128 g/mol. The summed E-state index contributed by atoms with van der Waals surface area (Å²) < 4.78 is 11.2. The van der Waals surface area contributed by atoms with Gasteiger partial charge in [-0.1, -0.05) is 6.92 Å². The lowest BCUT2D eigenvalue weighted by Gasteiger charge is -2.10. The Morgan fingerprint density at radius 2 is 2.50 bits per heavy atom. The number of ether oxygens (including phenoxy) is 2. The number of rotatable bonds is 1. The summed E-state index contributed by atoms with van der Waals surface area (Å²) in [4.78, 5) is 0. The SMILES string of the molecule is CCC12CCCC3OC31O2. The lowest BCUT2D eigenvalue weighted by atomic mass is 9.87. The van der Waals surface area contributed by atoms with Crippen LogP contribution >= 0.6 is 0 Å². The maximum absolute atomic E-state index is 5.65. The summed E-state index contributed by atoms with van der Waals surface area (Å²) in [5, 5.41) is 0. The van der Waals surface area contributed by atoms with Crippen LogP contribution in [0.4, 0.5) is 0 Å². The lowest BCUT2D eigenvalue weighted by Crippen LogP contribution is -2.21. The minimum absolute atomic E-state index is 0.0417. The quantitative estimate of drug-likeness (QED) is 0.515. The van der Waals surface area contributed by atoms with E-state index in [1.807, 2.05) is 0 Å². The van der Waals surface area contributed by atoms with Crippen LogP contribution in [0.2, 0.25) is 0 Å². The van der Waals surface area contributed by atoms with Gasteiger partial charge in [0, 0.05) is 0 Å². The molecule has 2 heteroatoms. The molecule has 0 amide bonds. The fourth-order valence-corrected chi connectivity index (χ4v) is 2.48. The topological polar surface area (TPSA) is 25.1 Å². The van der Waals surface area contributed by atoms with Crippen molar-refractivity contribution in [2.75, 3.05) is 0 Å². The Hall–Kier alpha value is -0.0800. The molecule has 3 fully saturated rings. The van der Waals surface area contributed by atoms with Gasteiger partial charge < -0.3 is 9.47 Å². The van der Waals surface area contributed by atoms with E-state index < -0.39 is 0 Å². The summed E-state index contributed by atoms with van der Waals surface area (Å²) in [5.41, 5.74) is 0.177. The molecule has 3 unspecified atom stereocenters. The fraction of sp³-hybridized carbons (Fsp3) is 1.00. The van der Waals surface area contributed by atoms with Crippen molar-refractivity contribution in [2.45, 2.75) is 50.1 Å². The second-order valence-electron chi connectivity index (χ2n) is 3.62. The first kappa shape index (κ1) is 5.56. The molecule has 3 aliphatic rings. The maximum atomic E-state index is 5.65. The van der Waals surface area contributed by atoms with E-state index in [1.165, 1.54) is 19.3 Å². The molecule has 0 aromatic carbocycles. The van der Waals surface area contributed by atoms with Gasteiger partial charge in [-0.25, -0.2) is 0 Å². The first-order chi connectivity index (χ1) is 4.83. The van der Waals surface area contributed by atoms with Crippen LogP contribution in [0, 0.1) is 0 Å². The summed E-state index contributed by atoms with van der Waals surface area (Å²) in [6.45, 7) is 2.19. The average Bonchev–Trinajstić information content (AvgIpc) is 2.72. The van der Waals surface area contributed by atoms with E-state index in [0.29, 0.717) is 6.10 Å². The minimum atomic E-state index is -0.0417. The van der Waals surface area contributed by atoms with E-state index in [4.69, 9.17) is 9.47 Å². The van der Waals surface area contributed by atoms with Crippen molar-refractivity contribution in [1.29, 1.82) is 0 Å². The van der Waals surface area contributed by atoms with Gasteiger partial charge in [0.1, 0.15) is 11.7 Å². The molecule has 0 bridgehead atoms. The highest BCUT2D eigenvalue weighted by molar-refractivity contribution is 5.24. The molecule has 1 saturated carbocycles. The standard InChI is InChI=1S/C8H12O2/c1-2-7-5-3-4-6-8(7,9-6)10-7/h6H,2-5H2,1H3. The van der Waals surface area contributed by atoms with Crippen molar-refractivity contribution < 1.29 is 9.47 Å². The zero-order valence-electron chi connectivity index (χ0n) is 6.22. The van der Waals surface area contributed by atoms with Gasteiger partial charge in [0.15, 0.2) is 0 Å². The van der Waals surface area contributed by atoms with Crippen molar-refractivity contribution in [3.8, 4) is 0 Å². The maximum Gasteiger partial charge on any atom is 0.226 e. The molecule has 0 N–H and O–H groups in total. The number of hydrogen-bond donors (Lipinski definition) is 0. The summed E-state index contributed by atoms with van der Waals surface area (Å²) in [6.07, 6.45) is 5.34. The second-order valence-corrected chi connectivity index (χ2v) is 3.62.